The highest BCUT2D eigenvalue weighted by molar-refractivity contribution is 5.87. The summed E-state index contributed by atoms with van der Waals surface area (Å²) in [6.45, 7) is 3.29. The van der Waals surface area contributed by atoms with Gasteiger partial charge in [0.2, 0.25) is 11.7 Å². The first kappa shape index (κ1) is 22.2. The molecule has 1 aromatic carbocycles. The van der Waals surface area contributed by atoms with E-state index in [1.807, 2.05) is 30.3 Å². The van der Waals surface area contributed by atoms with Gasteiger partial charge in [-0.25, -0.2) is 4.79 Å². The molecule has 1 aliphatic rings. The highest BCUT2D eigenvalue weighted by atomic mass is 16.6. The number of carboxylic acids is 1. The van der Waals surface area contributed by atoms with Crippen LogP contribution in [0.4, 0.5) is 10.5 Å². The fourth-order valence-corrected chi connectivity index (χ4v) is 3.34. The van der Waals surface area contributed by atoms with Crippen LogP contribution in [0.1, 0.15) is 41.8 Å². The zero-order chi connectivity index (χ0) is 24.6. The van der Waals surface area contributed by atoms with Crippen LogP contribution in [0.15, 0.2) is 43.7 Å². The van der Waals surface area contributed by atoms with Crippen LogP contribution in [-0.4, -0.2) is 45.5 Å². The van der Waals surface area contributed by atoms with Gasteiger partial charge in [-0.1, -0.05) is 35.5 Å². The first-order valence-electron chi connectivity index (χ1n) is 10.5. The number of nitrogens with one attached hydrogen (secondary N) is 1. The van der Waals surface area contributed by atoms with Crippen molar-refractivity contribution in [2.24, 2.45) is 0 Å². The lowest BCUT2D eigenvalue weighted by molar-refractivity contribution is -0.165. The van der Waals surface area contributed by atoms with Crippen LogP contribution in [0.5, 0.6) is 0 Å². The first-order chi connectivity index (χ1) is 16.9. The van der Waals surface area contributed by atoms with E-state index in [1.54, 1.807) is 13.8 Å². The van der Waals surface area contributed by atoms with Crippen molar-refractivity contribution in [3.63, 3.8) is 0 Å². The van der Waals surface area contributed by atoms with E-state index in [0.717, 1.165) is 5.56 Å². The van der Waals surface area contributed by atoms with Crippen molar-refractivity contribution in [2.45, 2.75) is 25.4 Å². The number of aliphatic carboxylic acids is 1. The van der Waals surface area contributed by atoms with Gasteiger partial charge in [0.1, 0.15) is 17.5 Å². The minimum absolute atomic E-state index is 0.00222. The molecular formula is C23H18N4O8. The standard InChI is InChI=1S/C23H18N4O8/c1-12-17(25-22(30)32-13(2)14-6-4-3-5-7-14)15(35-27-12)8-9-16-24-18-19(33-16)26-20(34-18)23(21(28)29)10-31-11-23/h3-7,13H,10-11H2,1-2H3,(H,25,30)(H,28,29). The number of carboxylic acid groups (broad SMARTS) is 1. The molecule has 178 valence electrons. The number of amides is 1. The average molecular weight is 478 g/mol. The third-order valence-electron chi connectivity index (χ3n) is 5.42. The second-order valence-electron chi connectivity index (χ2n) is 7.83. The smallest absolute Gasteiger partial charge is 0.412 e. The summed E-state index contributed by atoms with van der Waals surface area (Å²) in [5, 5.41) is 15.9. The van der Waals surface area contributed by atoms with Crippen LogP contribution in [0, 0.1) is 18.8 Å². The third kappa shape index (κ3) is 4.09. The fraction of sp³-hybridized carbons (Fsp3) is 0.261. The number of anilines is 1. The highest BCUT2D eigenvalue weighted by Gasteiger charge is 2.52. The number of carbonyl (C=O) groups is 2. The molecule has 0 spiro atoms. The SMILES string of the molecule is Cc1noc(C#Cc2nc3oc(C4(C(=O)O)COC4)nc3o2)c1NC(=O)OC(C)c1ccccc1. The maximum absolute atomic E-state index is 12.4. The van der Waals surface area contributed by atoms with Gasteiger partial charge in [0.05, 0.1) is 13.2 Å². The van der Waals surface area contributed by atoms with E-state index in [1.165, 1.54) is 0 Å². The first-order valence-corrected chi connectivity index (χ1v) is 10.5. The maximum Gasteiger partial charge on any atom is 0.412 e. The van der Waals surface area contributed by atoms with Gasteiger partial charge >= 0.3 is 12.1 Å². The molecule has 0 bridgehead atoms. The highest BCUT2D eigenvalue weighted by Crippen LogP contribution is 2.34. The van der Waals surface area contributed by atoms with Gasteiger partial charge in [-0.2, -0.15) is 9.97 Å². The Morgan fingerprint density at radius 2 is 1.89 bits per heavy atom. The van der Waals surface area contributed by atoms with Crippen LogP contribution < -0.4 is 5.32 Å². The molecule has 12 nitrogen and oxygen atoms in total. The summed E-state index contributed by atoms with van der Waals surface area (Å²) in [5.74, 6) is 4.19. The fourth-order valence-electron chi connectivity index (χ4n) is 3.34. The van der Waals surface area contributed by atoms with E-state index in [-0.39, 0.29) is 47.9 Å². The number of aromatic nitrogens is 3. The van der Waals surface area contributed by atoms with Crippen LogP contribution in [0.3, 0.4) is 0 Å². The summed E-state index contributed by atoms with van der Waals surface area (Å²) < 4.78 is 26.5. The minimum atomic E-state index is -1.35. The molecule has 1 fully saturated rings. The topological polar surface area (TPSA) is 163 Å². The Hall–Kier alpha value is -4.63. The van der Waals surface area contributed by atoms with Crippen molar-refractivity contribution in [3.8, 4) is 11.8 Å². The Labute approximate surface area is 197 Å². The zero-order valence-electron chi connectivity index (χ0n) is 18.5. The van der Waals surface area contributed by atoms with Crippen molar-refractivity contribution in [2.75, 3.05) is 18.5 Å². The van der Waals surface area contributed by atoms with Crippen LogP contribution in [0.25, 0.3) is 11.4 Å². The lowest BCUT2D eigenvalue weighted by Gasteiger charge is -2.33. The molecular weight excluding hydrogens is 460 g/mol. The van der Waals surface area contributed by atoms with Gasteiger partial charge in [0.25, 0.3) is 17.3 Å². The number of fused-ring (bicyclic) bond motifs is 1. The summed E-state index contributed by atoms with van der Waals surface area (Å²) in [5.41, 5.74) is 0.137. The van der Waals surface area contributed by atoms with Crippen molar-refractivity contribution in [3.05, 3.63) is 59.1 Å². The van der Waals surface area contributed by atoms with Crippen molar-refractivity contribution >= 4 is 29.2 Å². The minimum Gasteiger partial charge on any atom is -0.480 e. The van der Waals surface area contributed by atoms with Gasteiger partial charge in [-0.15, -0.1) is 0 Å². The molecule has 5 rings (SSSR count). The normalized spacial score (nSPS) is 15.0. The van der Waals surface area contributed by atoms with Gasteiger partial charge < -0.3 is 27.9 Å². The number of hydrogen-bond acceptors (Lipinski definition) is 10. The van der Waals surface area contributed by atoms with E-state index in [0.29, 0.717) is 5.69 Å². The number of carbonyl (C=O) groups excluding carboxylic acids is 1. The van der Waals surface area contributed by atoms with E-state index in [2.05, 4.69) is 32.3 Å². The lowest BCUT2D eigenvalue weighted by Crippen LogP contribution is -2.53. The Balaban J connectivity index is 1.31. The Kier molecular flexibility index (Phi) is 5.46. The van der Waals surface area contributed by atoms with E-state index >= 15 is 0 Å². The van der Waals surface area contributed by atoms with Crippen LogP contribution >= 0.6 is 0 Å². The number of ether oxygens (including phenoxy) is 2. The van der Waals surface area contributed by atoms with Crippen LogP contribution in [0.2, 0.25) is 0 Å². The molecule has 3 aromatic heterocycles. The predicted molar refractivity (Wildman–Crippen MR) is 116 cm³/mol. The summed E-state index contributed by atoms with van der Waals surface area (Å²) in [7, 11) is 0. The Morgan fingerprint density at radius 1 is 1.14 bits per heavy atom. The molecule has 1 aliphatic heterocycles. The van der Waals surface area contributed by atoms with E-state index < -0.39 is 23.6 Å². The summed E-state index contributed by atoms with van der Waals surface area (Å²) in [6.07, 6.45) is -1.17. The van der Waals surface area contributed by atoms with Crippen molar-refractivity contribution in [1.82, 2.24) is 15.1 Å². The van der Waals surface area contributed by atoms with Crippen LogP contribution in [-0.2, 0) is 19.7 Å². The van der Waals surface area contributed by atoms with Gasteiger partial charge in [-0.05, 0) is 25.3 Å². The molecule has 1 saturated heterocycles. The number of nitrogens with zero attached hydrogens (tertiary/aromatic N) is 3. The number of oxazole rings is 2. The number of aryl methyl sites for hydroxylation is 1. The molecule has 0 radical (unpaired) electrons. The second-order valence-corrected chi connectivity index (χ2v) is 7.83. The lowest BCUT2D eigenvalue weighted by atomic mass is 9.86. The summed E-state index contributed by atoms with van der Waals surface area (Å²) in [4.78, 5) is 32.1. The molecule has 1 amide bonds. The predicted octanol–water partition coefficient (Wildman–Crippen LogP) is 3.17. The molecule has 0 aliphatic carbocycles. The van der Waals surface area contributed by atoms with E-state index in [9.17, 15) is 14.7 Å². The zero-order valence-corrected chi connectivity index (χ0v) is 18.5. The quantitative estimate of drug-likeness (QED) is 0.405. The second kappa shape index (κ2) is 8.62. The van der Waals surface area contributed by atoms with Gasteiger partial charge in [0, 0.05) is 5.92 Å². The third-order valence-corrected chi connectivity index (χ3v) is 5.42. The van der Waals surface area contributed by atoms with E-state index in [4.69, 9.17) is 22.8 Å². The summed E-state index contributed by atoms with van der Waals surface area (Å²) in [6, 6.07) is 9.29. The molecule has 1 atom stereocenters. The number of rotatable bonds is 5. The number of benzene rings is 1. The molecule has 0 saturated carbocycles. The largest absolute Gasteiger partial charge is 0.480 e. The molecule has 1 unspecified atom stereocenters. The molecule has 35 heavy (non-hydrogen) atoms. The van der Waals surface area contributed by atoms with Crippen molar-refractivity contribution < 1.29 is 37.5 Å². The summed E-state index contributed by atoms with van der Waals surface area (Å²) >= 11 is 0. The molecule has 4 heterocycles. The van der Waals surface area contributed by atoms with Gasteiger partial charge in [-0.3, -0.25) is 10.1 Å². The average Bonchev–Trinajstić information content (AvgIpc) is 3.46. The Morgan fingerprint density at radius 3 is 2.54 bits per heavy atom. The molecule has 12 heteroatoms. The van der Waals surface area contributed by atoms with Gasteiger partial charge in [0.15, 0.2) is 5.41 Å². The Bertz CT molecular complexity index is 1440. The van der Waals surface area contributed by atoms with Crippen molar-refractivity contribution in [1.29, 1.82) is 0 Å². The maximum atomic E-state index is 12.4. The molecule has 4 aromatic rings. The monoisotopic (exact) mass is 478 g/mol. The molecule has 2 N–H and O–H groups in total. The number of hydrogen-bond donors (Lipinski definition) is 2.